The highest BCUT2D eigenvalue weighted by Gasteiger charge is 2.23. The lowest BCUT2D eigenvalue weighted by Gasteiger charge is -2.21. The van der Waals surface area contributed by atoms with Crippen molar-refractivity contribution in [3.8, 4) is 0 Å². The average molecular weight is 260 g/mol. The quantitative estimate of drug-likeness (QED) is 0.855. The third-order valence-electron chi connectivity index (χ3n) is 4.13. The summed E-state index contributed by atoms with van der Waals surface area (Å²) in [6, 6.07) is 9.87. The van der Waals surface area contributed by atoms with Crippen LogP contribution in [0.5, 0.6) is 0 Å². The van der Waals surface area contributed by atoms with Crippen LogP contribution in [0.3, 0.4) is 0 Å². The number of hydrogen-bond donors (Lipinski definition) is 2. The van der Waals surface area contributed by atoms with Crippen LogP contribution in [-0.4, -0.2) is 11.9 Å². The van der Waals surface area contributed by atoms with Gasteiger partial charge in [-0.1, -0.05) is 43.2 Å². The number of nitrogens with two attached hydrogens (primary N) is 1. The van der Waals surface area contributed by atoms with Crippen molar-refractivity contribution in [2.45, 2.75) is 51.1 Å². The van der Waals surface area contributed by atoms with Crippen LogP contribution in [0.4, 0.5) is 0 Å². The summed E-state index contributed by atoms with van der Waals surface area (Å²) in [5.41, 5.74) is 7.08. The molecule has 1 fully saturated rings. The van der Waals surface area contributed by atoms with Crippen LogP contribution >= 0.6 is 0 Å². The van der Waals surface area contributed by atoms with Crippen molar-refractivity contribution in [1.29, 1.82) is 0 Å². The number of rotatable bonds is 5. The fourth-order valence-corrected chi connectivity index (χ4v) is 2.91. The second-order valence-electron chi connectivity index (χ2n) is 5.62. The smallest absolute Gasteiger partial charge is 0.222 e. The molecule has 0 saturated heterocycles. The Morgan fingerprint density at radius 3 is 2.58 bits per heavy atom. The lowest BCUT2D eigenvalue weighted by Crippen LogP contribution is -2.38. The van der Waals surface area contributed by atoms with Crippen molar-refractivity contribution in [2.75, 3.05) is 0 Å². The summed E-state index contributed by atoms with van der Waals surface area (Å²) in [7, 11) is 0. The van der Waals surface area contributed by atoms with E-state index in [1.807, 2.05) is 30.3 Å². The predicted octanol–water partition coefficient (Wildman–Crippen LogP) is 2.77. The Morgan fingerprint density at radius 1 is 1.32 bits per heavy atom. The van der Waals surface area contributed by atoms with Crippen molar-refractivity contribution in [1.82, 2.24) is 5.32 Å². The molecule has 2 rings (SSSR count). The minimum absolute atomic E-state index is 0.0655. The minimum atomic E-state index is -0.211. The average Bonchev–Trinajstić information content (AvgIpc) is 2.93. The molecule has 1 aromatic carbocycles. The SMILES string of the molecule is C[C@@H](NC(=O)CC(N)c1ccccc1)C1CCCC1. The van der Waals surface area contributed by atoms with Gasteiger partial charge in [0, 0.05) is 18.5 Å². The van der Waals surface area contributed by atoms with E-state index in [4.69, 9.17) is 5.73 Å². The number of hydrogen-bond acceptors (Lipinski definition) is 2. The molecule has 104 valence electrons. The van der Waals surface area contributed by atoms with E-state index in [2.05, 4.69) is 12.2 Å². The maximum Gasteiger partial charge on any atom is 0.222 e. The molecule has 3 N–H and O–H groups in total. The first-order valence-electron chi connectivity index (χ1n) is 7.26. The zero-order chi connectivity index (χ0) is 13.7. The van der Waals surface area contributed by atoms with Gasteiger partial charge in [0.1, 0.15) is 0 Å². The van der Waals surface area contributed by atoms with Gasteiger partial charge in [0.15, 0.2) is 0 Å². The molecule has 1 amide bonds. The van der Waals surface area contributed by atoms with E-state index in [9.17, 15) is 4.79 Å². The Bertz CT molecular complexity index is 398. The third kappa shape index (κ3) is 4.06. The summed E-state index contributed by atoms with van der Waals surface area (Å²) in [4.78, 5) is 12.0. The molecule has 3 nitrogen and oxygen atoms in total. The molecular weight excluding hydrogens is 236 g/mol. The molecule has 3 heteroatoms. The van der Waals surface area contributed by atoms with Gasteiger partial charge in [-0.15, -0.1) is 0 Å². The first-order valence-corrected chi connectivity index (χ1v) is 7.26. The van der Waals surface area contributed by atoms with Crippen LogP contribution in [0.1, 0.15) is 50.6 Å². The second kappa shape index (κ2) is 6.71. The second-order valence-corrected chi connectivity index (χ2v) is 5.62. The maximum absolute atomic E-state index is 12.0. The molecule has 19 heavy (non-hydrogen) atoms. The van der Waals surface area contributed by atoms with Crippen LogP contribution in [-0.2, 0) is 4.79 Å². The van der Waals surface area contributed by atoms with E-state index >= 15 is 0 Å². The van der Waals surface area contributed by atoms with Crippen molar-refractivity contribution >= 4 is 5.91 Å². The van der Waals surface area contributed by atoms with Crippen molar-refractivity contribution in [3.63, 3.8) is 0 Å². The van der Waals surface area contributed by atoms with Crippen LogP contribution in [0.25, 0.3) is 0 Å². The Balaban J connectivity index is 1.80. The lowest BCUT2D eigenvalue weighted by molar-refractivity contribution is -0.122. The van der Waals surface area contributed by atoms with Crippen LogP contribution in [0, 0.1) is 5.92 Å². The molecule has 0 radical (unpaired) electrons. The highest BCUT2D eigenvalue weighted by molar-refractivity contribution is 5.77. The van der Waals surface area contributed by atoms with Gasteiger partial charge >= 0.3 is 0 Å². The molecule has 1 unspecified atom stereocenters. The molecule has 0 spiro atoms. The summed E-state index contributed by atoms with van der Waals surface area (Å²) >= 11 is 0. The highest BCUT2D eigenvalue weighted by atomic mass is 16.1. The standard InChI is InChI=1S/C16H24N2O/c1-12(13-7-5-6-8-13)18-16(19)11-15(17)14-9-3-2-4-10-14/h2-4,9-10,12-13,15H,5-8,11,17H2,1H3,(H,18,19)/t12-,15?/m1/s1. The third-order valence-corrected chi connectivity index (χ3v) is 4.13. The number of benzene rings is 1. The highest BCUT2D eigenvalue weighted by Crippen LogP contribution is 2.27. The molecule has 2 atom stereocenters. The zero-order valence-electron chi connectivity index (χ0n) is 11.6. The summed E-state index contributed by atoms with van der Waals surface area (Å²) in [5.74, 6) is 0.715. The van der Waals surface area contributed by atoms with Crippen LogP contribution in [0.2, 0.25) is 0 Å². The Kier molecular flexibility index (Phi) is 4.97. The van der Waals surface area contributed by atoms with Crippen molar-refractivity contribution < 1.29 is 4.79 Å². The summed E-state index contributed by atoms with van der Waals surface area (Å²) < 4.78 is 0. The molecule has 1 saturated carbocycles. The summed E-state index contributed by atoms with van der Waals surface area (Å²) in [5, 5.41) is 3.10. The fourth-order valence-electron chi connectivity index (χ4n) is 2.91. The van der Waals surface area contributed by atoms with E-state index in [0.717, 1.165) is 5.56 Å². The van der Waals surface area contributed by atoms with E-state index in [1.54, 1.807) is 0 Å². The van der Waals surface area contributed by atoms with Crippen LogP contribution in [0.15, 0.2) is 30.3 Å². The zero-order valence-corrected chi connectivity index (χ0v) is 11.6. The Morgan fingerprint density at radius 2 is 1.95 bits per heavy atom. The van der Waals surface area contributed by atoms with Crippen LogP contribution < -0.4 is 11.1 Å². The molecular formula is C16H24N2O. The monoisotopic (exact) mass is 260 g/mol. The molecule has 0 heterocycles. The molecule has 0 bridgehead atoms. The first-order chi connectivity index (χ1) is 9.16. The van der Waals surface area contributed by atoms with E-state index < -0.39 is 0 Å². The minimum Gasteiger partial charge on any atom is -0.353 e. The number of carbonyl (C=O) groups excluding carboxylic acids is 1. The van der Waals surface area contributed by atoms with Crippen molar-refractivity contribution in [2.24, 2.45) is 11.7 Å². The molecule has 0 aromatic heterocycles. The first kappa shape index (κ1) is 14.1. The van der Waals surface area contributed by atoms with Gasteiger partial charge in [0.05, 0.1) is 0 Å². The van der Waals surface area contributed by atoms with Gasteiger partial charge in [0.2, 0.25) is 5.91 Å². The van der Waals surface area contributed by atoms with Crippen molar-refractivity contribution in [3.05, 3.63) is 35.9 Å². The maximum atomic E-state index is 12.0. The van der Waals surface area contributed by atoms with E-state index in [1.165, 1.54) is 25.7 Å². The Hall–Kier alpha value is -1.35. The van der Waals surface area contributed by atoms with Gasteiger partial charge in [-0.3, -0.25) is 4.79 Å². The van der Waals surface area contributed by atoms with E-state index in [0.29, 0.717) is 12.3 Å². The number of amides is 1. The molecule has 1 aliphatic rings. The number of carbonyl (C=O) groups is 1. The normalized spacial score (nSPS) is 19.1. The number of nitrogens with one attached hydrogen (secondary N) is 1. The molecule has 1 aromatic rings. The van der Waals surface area contributed by atoms with Gasteiger partial charge in [-0.2, -0.15) is 0 Å². The van der Waals surface area contributed by atoms with Gasteiger partial charge in [-0.25, -0.2) is 0 Å². The largest absolute Gasteiger partial charge is 0.353 e. The summed E-state index contributed by atoms with van der Waals surface area (Å²) in [6.45, 7) is 2.11. The topological polar surface area (TPSA) is 55.1 Å². The van der Waals surface area contributed by atoms with E-state index in [-0.39, 0.29) is 18.0 Å². The fraction of sp³-hybridized carbons (Fsp3) is 0.562. The molecule has 1 aliphatic carbocycles. The van der Waals surface area contributed by atoms with Gasteiger partial charge in [0.25, 0.3) is 0 Å². The predicted molar refractivity (Wildman–Crippen MR) is 77.6 cm³/mol. The summed E-state index contributed by atoms with van der Waals surface area (Å²) in [6.07, 6.45) is 5.45. The Labute approximate surface area is 115 Å². The lowest BCUT2D eigenvalue weighted by atomic mass is 9.99. The van der Waals surface area contributed by atoms with Gasteiger partial charge in [-0.05, 0) is 31.2 Å². The molecule has 0 aliphatic heterocycles. The van der Waals surface area contributed by atoms with Gasteiger partial charge < -0.3 is 11.1 Å².